The van der Waals surface area contributed by atoms with E-state index in [-0.39, 0.29) is 0 Å². The lowest BCUT2D eigenvalue weighted by Gasteiger charge is -2.49. The summed E-state index contributed by atoms with van der Waals surface area (Å²) in [4.78, 5) is 67.8. The van der Waals surface area contributed by atoms with Gasteiger partial charge in [0, 0.05) is 0 Å². The molecule has 7 N–H and O–H groups in total. The van der Waals surface area contributed by atoms with Crippen LogP contribution in [-0.4, -0.2) is 95.1 Å². The first-order chi connectivity index (χ1) is 10.9. The minimum absolute atomic E-state index is 0.546. The highest BCUT2D eigenvalue weighted by molar-refractivity contribution is 6.21. The van der Waals surface area contributed by atoms with Crippen LogP contribution in [0, 0.1) is 0 Å². The Kier molecular flexibility index (Phi) is 4.39. The van der Waals surface area contributed by atoms with E-state index in [1.807, 2.05) is 0 Å². The van der Waals surface area contributed by atoms with Crippen LogP contribution in [0.25, 0.3) is 0 Å². The molecule has 1 saturated heterocycles. The van der Waals surface area contributed by atoms with E-state index in [0.717, 1.165) is 0 Å². The zero-order valence-corrected chi connectivity index (χ0v) is 11.4. The maximum Gasteiger partial charge on any atom is 0.408 e. The summed E-state index contributed by atoms with van der Waals surface area (Å²) in [6.45, 7) is -1.33. The molecule has 1 rings (SSSR count). The molecule has 0 spiro atoms. The van der Waals surface area contributed by atoms with Crippen LogP contribution in [0.2, 0.25) is 0 Å². The minimum atomic E-state index is -4.07. The summed E-state index contributed by atoms with van der Waals surface area (Å²) < 4.78 is 0. The van der Waals surface area contributed by atoms with E-state index in [9.17, 15) is 49.2 Å². The third-order valence-corrected chi connectivity index (χ3v) is 3.49. The lowest BCUT2D eigenvalue weighted by atomic mass is 9.72. The number of nitrogens with one attached hydrogen (secondary N) is 1. The normalized spacial score (nSPS) is 21.5. The van der Waals surface area contributed by atoms with E-state index < -0.39 is 64.5 Å². The Morgan fingerprint density at radius 2 is 1.21 bits per heavy atom. The molecule has 0 bridgehead atoms. The summed E-state index contributed by atoms with van der Waals surface area (Å²) in [5.41, 5.74) is -8.08. The zero-order chi connectivity index (χ0) is 19.0. The van der Waals surface area contributed by atoms with Crippen molar-refractivity contribution in [3.63, 3.8) is 0 Å². The first-order valence-corrected chi connectivity index (χ1v) is 5.82. The second-order valence-corrected chi connectivity index (χ2v) is 4.61. The molecule has 0 aromatic rings. The molecule has 1 aliphatic rings. The Bertz CT molecular complexity index is 626. The van der Waals surface area contributed by atoms with Gasteiger partial charge in [-0.05, 0) is 0 Å². The van der Waals surface area contributed by atoms with Crippen molar-refractivity contribution in [1.29, 1.82) is 0 Å². The van der Waals surface area contributed by atoms with Gasteiger partial charge in [-0.25, -0.2) is 24.0 Å². The number of carboxylic acids is 5. The van der Waals surface area contributed by atoms with Gasteiger partial charge in [0.2, 0.25) is 0 Å². The molecule has 1 unspecified atom stereocenters. The SMILES string of the molecule is O=C(O)C1CN(C(=O)O)C(C(=O)O)(C(=O)O)C(C(=O)O)(C(=O)O)N1. The lowest BCUT2D eigenvalue weighted by Crippen LogP contribution is -2.88. The van der Waals surface area contributed by atoms with Crippen LogP contribution in [-0.2, 0) is 24.0 Å². The average molecular weight is 350 g/mol. The Hall–Kier alpha value is -3.42. The van der Waals surface area contributed by atoms with Gasteiger partial charge in [-0.2, -0.15) is 0 Å². The summed E-state index contributed by atoms with van der Waals surface area (Å²) in [5.74, 6) is -12.4. The van der Waals surface area contributed by atoms with Crippen LogP contribution in [0.3, 0.4) is 0 Å². The molecule has 132 valence electrons. The van der Waals surface area contributed by atoms with Gasteiger partial charge in [0.1, 0.15) is 6.04 Å². The van der Waals surface area contributed by atoms with Crippen LogP contribution >= 0.6 is 0 Å². The molecular weight excluding hydrogens is 340 g/mol. The molecule has 14 heteroatoms. The predicted octanol–water partition coefficient (Wildman–Crippen LogP) is -3.16. The fourth-order valence-corrected chi connectivity index (χ4v) is 2.46. The lowest BCUT2D eigenvalue weighted by molar-refractivity contribution is -0.195. The molecule has 1 atom stereocenters. The van der Waals surface area contributed by atoms with E-state index >= 15 is 0 Å². The van der Waals surface area contributed by atoms with Crippen LogP contribution in [0.4, 0.5) is 4.79 Å². The standard InChI is InChI=1S/C10H10N2O12/c13-3(14)2-1-12(8(23)24)10(6(19)20,7(21)22)9(11-2,4(15)16)5(17)18/h2,11H,1H2,(H,13,14)(H,15,16)(H,17,18)(H,19,20)(H,21,22)(H,23,24). The number of hydrogen-bond donors (Lipinski definition) is 7. The smallest absolute Gasteiger partial charge is 0.408 e. The van der Waals surface area contributed by atoms with Crippen molar-refractivity contribution in [3.8, 4) is 0 Å². The molecule has 14 nitrogen and oxygen atoms in total. The van der Waals surface area contributed by atoms with Crippen LogP contribution in [0.15, 0.2) is 0 Å². The van der Waals surface area contributed by atoms with E-state index in [1.54, 1.807) is 0 Å². The van der Waals surface area contributed by atoms with Crippen molar-refractivity contribution in [1.82, 2.24) is 10.2 Å². The fraction of sp³-hybridized carbons (Fsp3) is 0.400. The van der Waals surface area contributed by atoms with Gasteiger partial charge in [0.25, 0.3) is 11.1 Å². The van der Waals surface area contributed by atoms with Gasteiger partial charge in [-0.1, -0.05) is 0 Å². The number of amides is 1. The zero-order valence-electron chi connectivity index (χ0n) is 11.4. The summed E-state index contributed by atoms with van der Waals surface area (Å²) in [5, 5.41) is 56.3. The minimum Gasteiger partial charge on any atom is -0.480 e. The summed E-state index contributed by atoms with van der Waals surface area (Å²) >= 11 is 0. The maximum atomic E-state index is 11.5. The van der Waals surface area contributed by atoms with Crippen LogP contribution < -0.4 is 5.32 Å². The van der Waals surface area contributed by atoms with E-state index in [1.165, 1.54) is 5.32 Å². The predicted molar refractivity (Wildman–Crippen MR) is 65.3 cm³/mol. The number of rotatable bonds is 5. The molecule has 0 saturated carbocycles. The highest BCUT2D eigenvalue weighted by Crippen LogP contribution is 2.36. The van der Waals surface area contributed by atoms with E-state index in [0.29, 0.717) is 0 Å². The van der Waals surface area contributed by atoms with Gasteiger partial charge >= 0.3 is 35.9 Å². The largest absolute Gasteiger partial charge is 0.480 e. The number of hydrogen-bond acceptors (Lipinski definition) is 7. The molecule has 24 heavy (non-hydrogen) atoms. The molecule has 0 aromatic heterocycles. The van der Waals surface area contributed by atoms with E-state index in [2.05, 4.69) is 0 Å². The van der Waals surface area contributed by atoms with Gasteiger partial charge in [0.05, 0.1) is 6.54 Å². The van der Waals surface area contributed by atoms with Crippen molar-refractivity contribution in [2.75, 3.05) is 6.54 Å². The monoisotopic (exact) mass is 350 g/mol. The topological polar surface area (TPSA) is 239 Å². The number of carbonyl (C=O) groups is 6. The van der Waals surface area contributed by atoms with Crippen molar-refractivity contribution in [2.24, 2.45) is 0 Å². The molecule has 1 aliphatic heterocycles. The highest BCUT2D eigenvalue weighted by atomic mass is 16.4. The third-order valence-electron chi connectivity index (χ3n) is 3.49. The summed E-state index contributed by atoms with van der Waals surface area (Å²) in [6.07, 6.45) is -2.33. The van der Waals surface area contributed by atoms with Crippen molar-refractivity contribution in [2.45, 2.75) is 17.1 Å². The Morgan fingerprint density at radius 1 is 0.792 bits per heavy atom. The fourth-order valence-electron chi connectivity index (χ4n) is 2.46. The second kappa shape index (κ2) is 5.65. The van der Waals surface area contributed by atoms with Crippen molar-refractivity contribution < 1.29 is 59.4 Å². The second-order valence-electron chi connectivity index (χ2n) is 4.61. The molecule has 0 radical (unpaired) electrons. The Morgan fingerprint density at radius 3 is 1.46 bits per heavy atom. The molecule has 0 aliphatic carbocycles. The highest BCUT2D eigenvalue weighted by Gasteiger charge is 2.79. The number of aliphatic carboxylic acids is 5. The first-order valence-electron chi connectivity index (χ1n) is 5.82. The molecular formula is C10H10N2O12. The average Bonchev–Trinajstić information content (AvgIpc) is 2.43. The molecule has 1 fully saturated rings. The summed E-state index contributed by atoms with van der Waals surface area (Å²) in [6, 6.07) is -2.19. The van der Waals surface area contributed by atoms with Crippen molar-refractivity contribution in [3.05, 3.63) is 0 Å². The van der Waals surface area contributed by atoms with Gasteiger partial charge < -0.3 is 30.6 Å². The van der Waals surface area contributed by atoms with Gasteiger partial charge in [0.15, 0.2) is 0 Å². The maximum absolute atomic E-state index is 11.5. The first kappa shape index (κ1) is 18.6. The molecule has 1 amide bonds. The summed E-state index contributed by atoms with van der Waals surface area (Å²) in [7, 11) is 0. The van der Waals surface area contributed by atoms with Crippen LogP contribution in [0.5, 0.6) is 0 Å². The van der Waals surface area contributed by atoms with Crippen molar-refractivity contribution >= 4 is 35.9 Å². The van der Waals surface area contributed by atoms with Crippen LogP contribution in [0.1, 0.15) is 0 Å². The number of carboxylic acid groups (broad SMARTS) is 6. The number of piperazine rings is 1. The van der Waals surface area contributed by atoms with Gasteiger partial charge in [-0.3, -0.25) is 15.0 Å². The Balaban J connectivity index is 3.98. The molecule has 0 aromatic carbocycles. The number of nitrogens with zero attached hydrogens (tertiary/aromatic N) is 1. The third kappa shape index (κ3) is 2.08. The van der Waals surface area contributed by atoms with Gasteiger partial charge in [-0.15, -0.1) is 0 Å². The Labute approximate surface area is 130 Å². The van der Waals surface area contributed by atoms with E-state index in [4.69, 9.17) is 10.2 Å². The molecule has 1 heterocycles. The quantitative estimate of drug-likeness (QED) is 0.242.